The molecule has 2 aromatic carbocycles. The molecule has 0 spiro atoms. The quantitative estimate of drug-likeness (QED) is 0.445. The minimum atomic E-state index is -4.21. The highest BCUT2D eigenvalue weighted by atomic mass is 32.2. The van der Waals surface area contributed by atoms with Crippen LogP contribution in [0.25, 0.3) is 0 Å². The lowest BCUT2D eigenvalue weighted by molar-refractivity contribution is -0.117. The minimum absolute atomic E-state index is 0.0555. The minimum Gasteiger partial charge on any atom is -0.497 e. The summed E-state index contributed by atoms with van der Waals surface area (Å²) in [5.74, 6) is -0.0929. The van der Waals surface area contributed by atoms with Gasteiger partial charge >= 0.3 is 10.2 Å². The summed E-state index contributed by atoms with van der Waals surface area (Å²) in [6, 6.07) is 10.4. The molecule has 0 bridgehead atoms. The monoisotopic (exact) mass is 548 g/mol. The van der Waals surface area contributed by atoms with Crippen LogP contribution in [0.3, 0.4) is 0 Å². The van der Waals surface area contributed by atoms with Gasteiger partial charge < -0.3 is 19.7 Å². The number of nitrogens with one attached hydrogen (secondary N) is 2. The zero-order chi connectivity index (χ0) is 27.3. The number of anilines is 1. The Labute approximate surface area is 224 Å². The Morgan fingerprint density at radius 3 is 2.61 bits per heavy atom. The molecule has 2 aromatic rings. The number of likely N-dealkylation sites (tertiary alicyclic amines) is 1. The molecule has 2 saturated heterocycles. The molecule has 38 heavy (non-hydrogen) atoms. The van der Waals surface area contributed by atoms with E-state index in [4.69, 9.17) is 9.47 Å². The molecule has 9 nitrogen and oxygen atoms in total. The Hall–Kier alpha value is -2.89. The number of hydrogen-bond donors (Lipinski definition) is 2. The summed E-state index contributed by atoms with van der Waals surface area (Å²) in [4.78, 5) is 14.3. The van der Waals surface area contributed by atoms with Crippen molar-refractivity contribution in [3.63, 3.8) is 0 Å². The Balaban J connectivity index is 1.52. The van der Waals surface area contributed by atoms with Gasteiger partial charge in [-0.25, -0.2) is 13.4 Å². The number of carbonyl (C=O) groups excluding carboxylic acids is 1. The summed E-state index contributed by atoms with van der Waals surface area (Å²) < 4.78 is 54.2. The van der Waals surface area contributed by atoms with Crippen LogP contribution in [0.5, 0.6) is 11.5 Å². The van der Waals surface area contributed by atoms with Crippen molar-refractivity contribution in [3.8, 4) is 11.5 Å². The SMILES string of the molecule is COc1ccc(COc2cc(CN[C@@H]3CCCN(CCC(C)C)C3)cc(F)c2N2CC(=O)NS2(=O)=O)cc1. The van der Waals surface area contributed by atoms with Crippen molar-refractivity contribution in [3.05, 3.63) is 53.3 Å². The smallest absolute Gasteiger partial charge is 0.326 e. The third kappa shape index (κ3) is 7.15. The fourth-order valence-corrected chi connectivity index (χ4v) is 5.91. The van der Waals surface area contributed by atoms with Gasteiger partial charge in [0.1, 0.15) is 30.3 Å². The van der Waals surface area contributed by atoms with Crippen LogP contribution in [-0.2, 0) is 28.2 Å². The van der Waals surface area contributed by atoms with E-state index >= 15 is 4.39 Å². The second kappa shape index (κ2) is 12.3. The Morgan fingerprint density at radius 2 is 1.95 bits per heavy atom. The molecule has 1 amide bonds. The van der Waals surface area contributed by atoms with Crippen LogP contribution < -0.4 is 23.8 Å². The molecule has 208 valence electrons. The fourth-order valence-electron chi connectivity index (χ4n) is 4.74. The zero-order valence-electron chi connectivity index (χ0n) is 22.2. The van der Waals surface area contributed by atoms with E-state index in [1.54, 1.807) is 25.3 Å². The molecule has 0 saturated carbocycles. The number of amides is 1. The number of carbonyl (C=O) groups is 1. The van der Waals surface area contributed by atoms with Gasteiger partial charge in [-0.05, 0) is 73.7 Å². The summed E-state index contributed by atoms with van der Waals surface area (Å²) in [5, 5.41) is 3.53. The first-order chi connectivity index (χ1) is 18.1. The van der Waals surface area contributed by atoms with E-state index < -0.39 is 28.5 Å². The molecular weight excluding hydrogens is 511 g/mol. The zero-order valence-corrected chi connectivity index (χ0v) is 23.0. The largest absolute Gasteiger partial charge is 0.497 e. The molecule has 2 heterocycles. The summed E-state index contributed by atoms with van der Waals surface area (Å²) in [7, 11) is -2.64. The van der Waals surface area contributed by atoms with Gasteiger partial charge in [0.05, 0.1) is 7.11 Å². The van der Waals surface area contributed by atoms with E-state index in [1.165, 1.54) is 6.07 Å². The molecule has 4 rings (SSSR count). The molecular formula is C27H37FN4O5S. The van der Waals surface area contributed by atoms with Gasteiger partial charge in [0, 0.05) is 19.1 Å². The van der Waals surface area contributed by atoms with E-state index in [0.29, 0.717) is 23.8 Å². The maximum atomic E-state index is 15.5. The van der Waals surface area contributed by atoms with Crippen molar-refractivity contribution in [1.29, 1.82) is 0 Å². The Bertz CT molecular complexity index is 1220. The van der Waals surface area contributed by atoms with Gasteiger partial charge in [-0.15, -0.1) is 0 Å². The average Bonchev–Trinajstić information content (AvgIpc) is 3.16. The number of methoxy groups -OCH3 is 1. The number of nitrogens with zero attached hydrogens (tertiary/aromatic N) is 2. The molecule has 2 fully saturated rings. The molecule has 0 radical (unpaired) electrons. The maximum absolute atomic E-state index is 15.5. The van der Waals surface area contributed by atoms with Crippen molar-refractivity contribution in [2.45, 2.75) is 52.3 Å². The predicted octanol–water partition coefficient (Wildman–Crippen LogP) is 3.19. The Morgan fingerprint density at radius 1 is 1.18 bits per heavy atom. The highest BCUT2D eigenvalue weighted by molar-refractivity contribution is 7.92. The Kier molecular flexibility index (Phi) is 9.11. The summed E-state index contributed by atoms with van der Waals surface area (Å²) in [5.41, 5.74) is 1.15. The van der Waals surface area contributed by atoms with Crippen LogP contribution in [0.1, 0.15) is 44.2 Å². The van der Waals surface area contributed by atoms with Crippen LogP contribution in [0, 0.1) is 11.7 Å². The summed E-state index contributed by atoms with van der Waals surface area (Å²) in [6.07, 6.45) is 3.30. The number of hydrogen-bond acceptors (Lipinski definition) is 7. The lowest BCUT2D eigenvalue weighted by atomic mass is 10.0. The molecule has 0 aliphatic carbocycles. The first-order valence-electron chi connectivity index (χ1n) is 13.0. The van der Waals surface area contributed by atoms with E-state index in [0.717, 1.165) is 48.8 Å². The first-order valence-corrected chi connectivity index (χ1v) is 14.5. The van der Waals surface area contributed by atoms with E-state index in [9.17, 15) is 13.2 Å². The van der Waals surface area contributed by atoms with Crippen LogP contribution in [-0.4, -0.2) is 58.6 Å². The lowest BCUT2D eigenvalue weighted by Gasteiger charge is -2.33. The standard InChI is InChI=1S/C27H37FN4O5S/c1-19(2)10-12-31-11-4-5-22(16-31)29-15-21-13-24(28)27(32-17-26(33)30-38(32,34)35)25(14-21)37-18-20-6-8-23(36-3)9-7-20/h6-9,13-14,19,22,29H,4-5,10-12,15-18H2,1-3H3,(H,30,33)/t22-/m1/s1. The summed E-state index contributed by atoms with van der Waals surface area (Å²) in [6.45, 7) is 7.53. The number of rotatable bonds is 11. The van der Waals surface area contributed by atoms with E-state index in [1.807, 2.05) is 16.9 Å². The third-order valence-corrected chi connectivity index (χ3v) is 8.21. The molecule has 0 aromatic heterocycles. The van der Waals surface area contributed by atoms with Crippen LogP contribution >= 0.6 is 0 Å². The van der Waals surface area contributed by atoms with Gasteiger partial charge in [0.2, 0.25) is 0 Å². The topological polar surface area (TPSA) is 100 Å². The van der Waals surface area contributed by atoms with Crippen molar-refractivity contribution in [1.82, 2.24) is 14.9 Å². The number of piperidine rings is 1. The molecule has 11 heteroatoms. The van der Waals surface area contributed by atoms with E-state index in [2.05, 4.69) is 24.1 Å². The van der Waals surface area contributed by atoms with Crippen molar-refractivity contribution < 1.29 is 27.1 Å². The predicted molar refractivity (Wildman–Crippen MR) is 144 cm³/mol. The first kappa shape index (κ1) is 28.1. The normalized spacial score (nSPS) is 19.6. The van der Waals surface area contributed by atoms with Crippen LogP contribution in [0.15, 0.2) is 36.4 Å². The second-order valence-corrected chi connectivity index (χ2v) is 11.9. The lowest BCUT2D eigenvalue weighted by Crippen LogP contribution is -2.45. The van der Waals surface area contributed by atoms with Crippen molar-refractivity contribution in [2.24, 2.45) is 5.92 Å². The highest BCUT2D eigenvalue weighted by Gasteiger charge is 2.38. The average molecular weight is 549 g/mol. The second-order valence-electron chi connectivity index (χ2n) is 10.3. The number of benzene rings is 2. The van der Waals surface area contributed by atoms with Crippen molar-refractivity contribution in [2.75, 3.05) is 37.6 Å². The van der Waals surface area contributed by atoms with Gasteiger partial charge in [-0.2, -0.15) is 8.42 Å². The van der Waals surface area contributed by atoms with Crippen LogP contribution in [0.2, 0.25) is 0 Å². The molecule has 2 aliphatic rings. The van der Waals surface area contributed by atoms with Gasteiger partial charge in [0.25, 0.3) is 5.91 Å². The number of halogens is 1. The molecule has 2 N–H and O–H groups in total. The maximum Gasteiger partial charge on any atom is 0.326 e. The molecule has 2 aliphatic heterocycles. The third-order valence-electron chi connectivity index (χ3n) is 6.83. The summed E-state index contributed by atoms with van der Waals surface area (Å²) >= 11 is 0. The van der Waals surface area contributed by atoms with Gasteiger partial charge in [-0.1, -0.05) is 26.0 Å². The van der Waals surface area contributed by atoms with Gasteiger partial charge in [0.15, 0.2) is 5.82 Å². The number of ether oxygens (including phenoxy) is 2. The highest BCUT2D eigenvalue weighted by Crippen LogP contribution is 2.36. The molecule has 0 unspecified atom stereocenters. The van der Waals surface area contributed by atoms with Gasteiger partial charge in [-0.3, -0.25) is 4.79 Å². The molecule has 1 atom stereocenters. The van der Waals surface area contributed by atoms with Crippen LogP contribution in [0.4, 0.5) is 10.1 Å². The van der Waals surface area contributed by atoms with Crippen molar-refractivity contribution >= 4 is 21.8 Å². The van der Waals surface area contributed by atoms with E-state index in [-0.39, 0.29) is 24.1 Å². The fraction of sp³-hybridized carbons (Fsp3) is 0.519.